The van der Waals surface area contributed by atoms with Gasteiger partial charge in [-0.25, -0.2) is 0 Å². The van der Waals surface area contributed by atoms with E-state index in [1.807, 2.05) is 44.2 Å². The molecule has 0 aliphatic carbocycles. The van der Waals surface area contributed by atoms with Crippen LogP contribution >= 0.6 is 0 Å². The highest BCUT2D eigenvalue weighted by Gasteiger charge is 2.10. The maximum atomic E-state index is 11.8. The molecule has 2 rings (SSSR count). The summed E-state index contributed by atoms with van der Waals surface area (Å²) in [7, 11) is 0. The molecular formula is C16H18N2O2. The average Bonchev–Trinajstić information content (AvgIpc) is 2.83. The summed E-state index contributed by atoms with van der Waals surface area (Å²) in [5, 5.41) is 2.84. The number of carbonyl (C=O) groups is 1. The highest BCUT2D eigenvalue weighted by Crippen LogP contribution is 2.15. The molecule has 3 N–H and O–H groups in total. The summed E-state index contributed by atoms with van der Waals surface area (Å²) in [5.74, 6) is 1.40. The first-order chi connectivity index (χ1) is 9.54. The van der Waals surface area contributed by atoms with Gasteiger partial charge in [0.25, 0.3) is 0 Å². The number of furan rings is 1. The van der Waals surface area contributed by atoms with Crippen LogP contribution in [0, 0.1) is 6.92 Å². The van der Waals surface area contributed by atoms with Crippen molar-refractivity contribution in [2.24, 2.45) is 0 Å². The molecule has 0 aliphatic heterocycles. The Labute approximate surface area is 118 Å². The van der Waals surface area contributed by atoms with E-state index in [2.05, 4.69) is 5.32 Å². The van der Waals surface area contributed by atoms with Gasteiger partial charge in [0.15, 0.2) is 0 Å². The molecule has 0 saturated carbocycles. The van der Waals surface area contributed by atoms with Crippen molar-refractivity contribution in [2.75, 3.05) is 5.73 Å². The highest BCUT2D eigenvalue weighted by molar-refractivity contribution is 5.92. The number of anilines is 1. The van der Waals surface area contributed by atoms with Gasteiger partial charge < -0.3 is 15.5 Å². The van der Waals surface area contributed by atoms with Gasteiger partial charge in [-0.15, -0.1) is 0 Å². The molecule has 0 fully saturated rings. The van der Waals surface area contributed by atoms with E-state index >= 15 is 0 Å². The fraction of sp³-hybridized carbons (Fsp3) is 0.188. The smallest absolute Gasteiger partial charge is 0.244 e. The van der Waals surface area contributed by atoms with Crippen molar-refractivity contribution in [2.45, 2.75) is 19.9 Å². The summed E-state index contributed by atoms with van der Waals surface area (Å²) in [6.45, 7) is 3.75. The molecule has 1 aromatic carbocycles. The Hall–Kier alpha value is -2.49. The molecule has 20 heavy (non-hydrogen) atoms. The van der Waals surface area contributed by atoms with E-state index in [4.69, 9.17) is 10.2 Å². The molecule has 0 saturated heterocycles. The zero-order valence-corrected chi connectivity index (χ0v) is 11.6. The van der Waals surface area contributed by atoms with Gasteiger partial charge >= 0.3 is 0 Å². The van der Waals surface area contributed by atoms with E-state index in [1.54, 1.807) is 12.1 Å². The summed E-state index contributed by atoms with van der Waals surface area (Å²) in [6.07, 6.45) is 3.22. The van der Waals surface area contributed by atoms with E-state index in [1.165, 1.54) is 6.08 Å². The number of aryl methyl sites for hydroxylation is 1. The molecule has 2 aromatic rings. The number of hydrogen-bond acceptors (Lipinski definition) is 3. The highest BCUT2D eigenvalue weighted by atomic mass is 16.3. The van der Waals surface area contributed by atoms with Crippen LogP contribution in [0.4, 0.5) is 5.69 Å². The van der Waals surface area contributed by atoms with Crippen LogP contribution in [-0.4, -0.2) is 5.91 Å². The molecule has 1 heterocycles. The number of hydrogen-bond donors (Lipinski definition) is 2. The zero-order valence-electron chi connectivity index (χ0n) is 11.6. The molecule has 0 aliphatic rings. The summed E-state index contributed by atoms with van der Waals surface area (Å²) < 4.78 is 5.47. The van der Waals surface area contributed by atoms with E-state index in [9.17, 15) is 4.79 Å². The Balaban J connectivity index is 1.95. The number of carbonyl (C=O) groups excluding carboxylic acids is 1. The van der Waals surface area contributed by atoms with E-state index < -0.39 is 0 Å². The normalized spacial score (nSPS) is 12.5. The molecule has 0 radical (unpaired) electrons. The molecule has 0 bridgehead atoms. The molecular weight excluding hydrogens is 252 g/mol. The summed E-state index contributed by atoms with van der Waals surface area (Å²) in [5.41, 5.74) is 7.24. The van der Waals surface area contributed by atoms with Crippen molar-refractivity contribution in [3.8, 4) is 0 Å². The molecule has 1 amide bonds. The maximum Gasteiger partial charge on any atom is 0.244 e. The lowest BCUT2D eigenvalue weighted by molar-refractivity contribution is -0.117. The van der Waals surface area contributed by atoms with E-state index in [-0.39, 0.29) is 11.9 Å². The monoisotopic (exact) mass is 270 g/mol. The lowest BCUT2D eigenvalue weighted by Gasteiger charge is -2.09. The van der Waals surface area contributed by atoms with Crippen LogP contribution in [0.5, 0.6) is 0 Å². The van der Waals surface area contributed by atoms with Crippen LogP contribution in [0.15, 0.2) is 46.9 Å². The Morgan fingerprint density at radius 2 is 2.15 bits per heavy atom. The minimum atomic E-state index is -0.172. The fourth-order valence-electron chi connectivity index (χ4n) is 1.85. The SMILES string of the molecule is Cc1ccc(C(C)NC(=O)/C=C/c2cccc(N)c2)o1. The van der Waals surface area contributed by atoms with Crippen LogP contribution < -0.4 is 11.1 Å². The number of nitrogen functional groups attached to an aromatic ring is 1. The third-order valence-electron chi connectivity index (χ3n) is 2.88. The first-order valence-corrected chi connectivity index (χ1v) is 6.45. The van der Waals surface area contributed by atoms with Gasteiger partial charge in [0, 0.05) is 11.8 Å². The minimum Gasteiger partial charge on any atom is -0.464 e. The first-order valence-electron chi connectivity index (χ1n) is 6.45. The summed E-state index contributed by atoms with van der Waals surface area (Å²) >= 11 is 0. The van der Waals surface area contributed by atoms with Gasteiger partial charge in [-0.05, 0) is 49.8 Å². The standard InChI is InChI=1S/C16H18N2O2/c1-11-6-8-15(20-11)12(2)18-16(19)9-7-13-4-3-5-14(17)10-13/h3-10,12H,17H2,1-2H3,(H,18,19)/b9-7+. The van der Waals surface area contributed by atoms with Gasteiger partial charge in [0.2, 0.25) is 5.91 Å². The lowest BCUT2D eigenvalue weighted by atomic mass is 10.2. The topological polar surface area (TPSA) is 68.3 Å². The second-order valence-corrected chi connectivity index (χ2v) is 4.68. The Bertz CT molecular complexity index is 629. The van der Waals surface area contributed by atoms with Crippen molar-refractivity contribution in [1.82, 2.24) is 5.32 Å². The van der Waals surface area contributed by atoms with Gasteiger partial charge in [-0.1, -0.05) is 12.1 Å². The van der Waals surface area contributed by atoms with Crippen molar-refractivity contribution in [3.05, 3.63) is 59.6 Å². The maximum absolute atomic E-state index is 11.8. The van der Waals surface area contributed by atoms with Gasteiger partial charge in [0.05, 0.1) is 6.04 Å². The number of nitrogens with two attached hydrogens (primary N) is 1. The molecule has 0 spiro atoms. The molecule has 104 valence electrons. The quantitative estimate of drug-likeness (QED) is 0.662. The molecule has 1 atom stereocenters. The van der Waals surface area contributed by atoms with Crippen LogP contribution in [0.1, 0.15) is 30.0 Å². The van der Waals surface area contributed by atoms with Crippen LogP contribution in [-0.2, 0) is 4.79 Å². The number of amides is 1. The third kappa shape index (κ3) is 3.75. The second-order valence-electron chi connectivity index (χ2n) is 4.68. The van der Waals surface area contributed by atoms with Crippen molar-refractivity contribution in [1.29, 1.82) is 0 Å². The third-order valence-corrected chi connectivity index (χ3v) is 2.88. The van der Waals surface area contributed by atoms with Crippen molar-refractivity contribution >= 4 is 17.7 Å². The summed E-state index contributed by atoms with van der Waals surface area (Å²) in [4.78, 5) is 11.8. The van der Waals surface area contributed by atoms with Crippen LogP contribution in [0.3, 0.4) is 0 Å². The largest absolute Gasteiger partial charge is 0.464 e. The van der Waals surface area contributed by atoms with Crippen molar-refractivity contribution in [3.63, 3.8) is 0 Å². The lowest BCUT2D eigenvalue weighted by Crippen LogP contribution is -2.24. The zero-order chi connectivity index (χ0) is 14.5. The Morgan fingerprint density at radius 1 is 1.35 bits per heavy atom. The molecule has 1 aromatic heterocycles. The Morgan fingerprint density at radius 3 is 2.80 bits per heavy atom. The predicted molar refractivity (Wildman–Crippen MR) is 79.9 cm³/mol. The molecule has 4 nitrogen and oxygen atoms in total. The number of rotatable bonds is 4. The number of benzene rings is 1. The summed E-state index contributed by atoms with van der Waals surface area (Å²) in [6, 6.07) is 10.9. The fourth-order valence-corrected chi connectivity index (χ4v) is 1.85. The average molecular weight is 270 g/mol. The minimum absolute atomic E-state index is 0.165. The predicted octanol–water partition coefficient (Wildman–Crippen LogP) is 3.06. The van der Waals surface area contributed by atoms with Crippen LogP contribution in [0.2, 0.25) is 0 Å². The van der Waals surface area contributed by atoms with Gasteiger partial charge in [-0.3, -0.25) is 4.79 Å². The Kier molecular flexibility index (Phi) is 4.25. The van der Waals surface area contributed by atoms with Crippen LogP contribution in [0.25, 0.3) is 6.08 Å². The molecule has 1 unspecified atom stereocenters. The second kappa shape index (κ2) is 6.10. The van der Waals surface area contributed by atoms with Gasteiger partial charge in [-0.2, -0.15) is 0 Å². The van der Waals surface area contributed by atoms with Gasteiger partial charge in [0.1, 0.15) is 11.5 Å². The van der Waals surface area contributed by atoms with E-state index in [0.29, 0.717) is 5.69 Å². The van der Waals surface area contributed by atoms with E-state index in [0.717, 1.165) is 17.1 Å². The number of nitrogens with one attached hydrogen (secondary N) is 1. The first kappa shape index (κ1) is 13.9. The van der Waals surface area contributed by atoms with Crippen molar-refractivity contribution < 1.29 is 9.21 Å². The molecule has 4 heteroatoms.